The van der Waals surface area contributed by atoms with Crippen LogP contribution in [0.3, 0.4) is 0 Å². The van der Waals surface area contributed by atoms with E-state index in [1.54, 1.807) is 27.9 Å². The number of carbonyl (C=O) groups excluding carboxylic acids is 2. The lowest BCUT2D eigenvalue weighted by atomic mass is 10.1. The zero-order chi connectivity index (χ0) is 20.7. The minimum atomic E-state index is -0.645. The summed E-state index contributed by atoms with van der Waals surface area (Å²) in [6.45, 7) is 5.33. The van der Waals surface area contributed by atoms with Gasteiger partial charge in [-0.25, -0.2) is 4.79 Å². The van der Waals surface area contributed by atoms with Crippen LogP contribution in [0.25, 0.3) is 0 Å². The van der Waals surface area contributed by atoms with Gasteiger partial charge in [0.2, 0.25) is 17.7 Å². The van der Waals surface area contributed by atoms with E-state index in [1.807, 2.05) is 24.3 Å². The largest absolute Gasteiger partial charge is 0.497 e. The van der Waals surface area contributed by atoms with Crippen molar-refractivity contribution in [1.29, 1.82) is 0 Å². The molecule has 1 heterocycles. The van der Waals surface area contributed by atoms with Gasteiger partial charge in [0, 0.05) is 13.5 Å². The van der Waals surface area contributed by atoms with Crippen molar-refractivity contribution in [3.05, 3.63) is 41.6 Å². The number of hydrogen-bond donors (Lipinski definition) is 2. The standard InChI is InChI=1S/C19H26N4O5/c1-19(2,3)28-18(25)21-14(10-12-6-8-13(26-5)9-7-12)17-23-22-16(27-17)11-15(24)20-4/h6-9,14H,10-11H2,1-5H3,(H,20,24)(H,21,25)/t14-/m0/s1. The van der Waals surface area contributed by atoms with Crippen LogP contribution in [0.5, 0.6) is 5.75 Å². The molecule has 0 bridgehead atoms. The summed E-state index contributed by atoms with van der Waals surface area (Å²) < 4.78 is 16.1. The topological polar surface area (TPSA) is 116 Å². The molecule has 2 rings (SSSR count). The number of aromatic nitrogens is 2. The lowest BCUT2D eigenvalue weighted by Crippen LogP contribution is -2.36. The van der Waals surface area contributed by atoms with Crippen molar-refractivity contribution in [1.82, 2.24) is 20.8 Å². The predicted octanol–water partition coefficient (Wildman–Crippen LogP) is 2.18. The van der Waals surface area contributed by atoms with Crippen LogP contribution in [0.15, 0.2) is 28.7 Å². The highest BCUT2D eigenvalue weighted by Crippen LogP contribution is 2.21. The minimum absolute atomic E-state index is 0.0365. The first kappa shape index (κ1) is 21.2. The Kier molecular flexibility index (Phi) is 6.97. The molecule has 0 aliphatic heterocycles. The highest BCUT2D eigenvalue weighted by molar-refractivity contribution is 5.77. The number of amides is 2. The van der Waals surface area contributed by atoms with Gasteiger partial charge in [0.1, 0.15) is 23.8 Å². The van der Waals surface area contributed by atoms with Crippen molar-refractivity contribution < 1.29 is 23.5 Å². The maximum atomic E-state index is 12.3. The van der Waals surface area contributed by atoms with Crippen LogP contribution < -0.4 is 15.4 Å². The van der Waals surface area contributed by atoms with E-state index >= 15 is 0 Å². The highest BCUT2D eigenvalue weighted by atomic mass is 16.6. The molecule has 1 aromatic heterocycles. The Morgan fingerprint density at radius 3 is 2.43 bits per heavy atom. The number of methoxy groups -OCH3 is 1. The zero-order valence-corrected chi connectivity index (χ0v) is 16.7. The summed E-state index contributed by atoms with van der Waals surface area (Å²) in [5.41, 5.74) is 0.279. The molecule has 0 unspecified atom stereocenters. The van der Waals surface area contributed by atoms with E-state index in [0.717, 1.165) is 11.3 Å². The third-order valence-corrected chi connectivity index (χ3v) is 3.66. The van der Waals surface area contributed by atoms with Crippen molar-refractivity contribution in [2.45, 2.75) is 45.3 Å². The first-order valence-electron chi connectivity index (χ1n) is 8.85. The molecule has 1 atom stereocenters. The molecule has 28 heavy (non-hydrogen) atoms. The second kappa shape index (κ2) is 9.20. The van der Waals surface area contributed by atoms with Gasteiger partial charge >= 0.3 is 6.09 Å². The lowest BCUT2D eigenvalue weighted by molar-refractivity contribution is -0.120. The summed E-state index contributed by atoms with van der Waals surface area (Å²) in [7, 11) is 3.12. The molecular weight excluding hydrogens is 364 g/mol. The van der Waals surface area contributed by atoms with Crippen LogP contribution in [0.2, 0.25) is 0 Å². The maximum absolute atomic E-state index is 12.3. The fourth-order valence-corrected chi connectivity index (χ4v) is 2.35. The van der Waals surface area contributed by atoms with Crippen molar-refractivity contribution in [2.75, 3.05) is 14.2 Å². The number of nitrogens with zero attached hydrogens (tertiary/aromatic N) is 2. The summed E-state index contributed by atoms with van der Waals surface area (Å²) in [6, 6.07) is 6.79. The first-order chi connectivity index (χ1) is 13.2. The Hall–Kier alpha value is -3.10. The number of likely N-dealkylation sites (N-methyl/N-ethyl adjacent to an activating group) is 1. The van der Waals surface area contributed by atoms with Crippen molar-refractivity contribution >= 4 is 12.0 Å². The summed E-state index contributed by atoms with van der Waals surface area (Å²) in [4.78, 5) is 23.8. The molecule has 0 saturated heterocycles. The van der Waals surface area contributed by atoms with Gasteiger partial charge in [0.05, 0.1) is 7.11 Å². The van der Waals surface area contributed by atoms with Crippen LogP contribution in [0, 0.1) is 0 Å². The second-order valence-corrected chi connectivity index (χ2v) is 7.14. The molecule has 2 N–H and O–H groups in total. The van der Waals surface area contributed by atoms with E-state index in [2.05, 4.69) is 20.8 Å². The van der Waals surface area contributed by atoms with Gasteiger partial charge < -0.3 is 24.5 Å². The maximum Gasteiger partial charge on any atom is 0.408 e. The van der Waals surface area contributed by atoms with Crippen LogP contribution in [0.4, 0.5) is 4.79 Å². The van der Waals surface area contributed by atoms with E-state index in [4.69, 9.17) is 13.9 Å². The third-order valence-electron chi connectivity index (χ3n) is 3.66. The molecule has 0 fully saturated rings. The zero-order valence-electron chi connectivity index (χ0n) is 16.7. The van der Waals surface area contributed by atoms with Gasteiger partial charge in [0.15, 0.2) is 0 Å². The Bertz CT molecular complexity index is 795. The molecule has 0 aliphatic carbocycles. The van der Waals surface area contributed by atoms with Crippen molar-refractivity contribution in [2.24, 2.45) is 0 Å². The second-order valence-electron chi connectivity index (χ2n) is 7.14. The number of alkyl carbamates (subject to hydrolysis) is 1. The quantitative estimate of drug-likeness (QED) is 0.744. The molecule has 0 spiro atoms. The van der Waals surface area contributed by atoms with E-state index in [-0.39, 0.29) is 24.1 Å². The Morgan fingerprint density at radius 2 is 1.86 bits per heavy atom. The highest BCUT2D eigenvalue weighted by Gasteiger charge is 2.25. The Morgan fingerprint density at radius 1 is 1.18 bits per heavy atom. The molecule has 1 aromatic carbocycles. The smallest absolute Gasteiger partial charge is 0.408 e. The van der Waals surface area contributed by atoms with Gasteiger partial charge in [-0.15, -0.1) is 10.2 Å². The van der Waals surface area contributed by atoms with Crippen LogP contribution in [-0.4, -0.2) is 42.0 Å². The fraction of sp³-hybridized carbons (Fsp3) is 0.474. The molecule has 152 valence electrons. The molecule has 0 radical (unpaired) electrons. The molecule has 9 heteroatoms. The molecule has 9 nitrogen and oxygen atoms in total. The number of rotatable bonds is 7. The number of hydrogen-bond acceptors (Lipinski definition) is 7. The number of benzene rings is 1. The predicted molar refractivity (Wildman–Crippen MR) is 101 cm³/mol. The van der Waals surface area contributed by atoms with Crippen LogP contribution in [-0.2, 0) is 22.4 Å². The van der Waals surface area contributed by atoms with E-state index in [1.165, 1.54) is 7.05 Å². The Labute approximate surface area is 163 Å². The summed E-state index contributed by atoms with van der Waals surface area (Å²) in [5, 5.41) is 13.1. The SMILES string of the molecule is CNC(=O)Cc1nnc([C@H](Cc2ccc(OC)cc2)NC(=O)OC(C)(C)C)o1. The number of nitrogens with one attached hydrogen (secondary N) is 2. The number of ether oxygens (including phenoxy) is 2. The molecule has 0 aliphatic rings. The molecule has 2 aromatic rings. The molecule has 0 saturated carbocycles. The van der Waals surface area contributed by atoms with Gasteiger partial charge in [-0.05, 0) is 38.5 Å². The Balaban J connectivity index is 2.19. The third kappa shape index (κ3) is 6.57. The van der Waals surface area contributed by atoms with Gasteiger partial charge in [0.25, 0.3) is 0 Å². The van der Waals surface area contributed by atoms with Crippen molar-refractivity contribution in [3.63, 3.8) is 0 Å². The lowest BCUT2D eigenvalue weighted by Gasteiger charge is -2.22. The van der Waals surface area contributed by atoms with Gasteiger partial charge in [-0.1, -0.05) is 12.1 Å². The molecular formula is C19H26N4O5. The van der Waals surface area contributed by atoms with Crippen molar-refractivity contribution in [3.8, 4) is 5.75 Å². The van der Waals surface area contributed by atoms with Gasteiger partial charge in [-0.2, -0.15) is 0 Å². The average molecular weight is 390 g/mol. The van der Waals surface area contributed by atoms with Gasteiger partial charge in [-0.3, -0.25) is 4.79 Å². The summed E-state index contributed by atoms with van der Waals surface area (Å²) in [6.07, 6.45) is -0.243. The normalized spacial score (nSPS) is 12.2. The van der Waals surface area contributed by atoms with E-state index in [9.17, 15) is 9.59 Å². The number of carbonyl (C=O) groups is 2. The molecule has 2 amide bonds. The summed E-state index contributed by atoms with van der Waals surface area (Å²) >= 11 is 0. The van der Waals surface area contributed by atoms with Crippen LogP contribution in [0.1, 0.15) is 44.2 Å². The van der Waals surface area contributed by atoms with Crippen LogP contribution >= 0.6 is 0 Å². The summed E-state index contributed by atoms with van der Waals surface area (Å²) in [5.74, 6) is 0.841. The monoisotopic (exact) mass is 390 g/mol. The minimum Gasteiger partial charge on any atom is -0.497 e. The first-order valence-corrected chi connectivity index (χ1v) is 8.85. The fourth-order valence-electron chi connectivity index (χ4n) is 2.35. The van der Waals surface area contributed by atoms with E-state index in [0.29, 0.717) is 6.42 Å². The van der Waals surface area contributed by atoms with E-state index < -0.39 is 17.7 Å². The average Bonchev–Trinajstić information content (AvgIpc) is 3.08.